The maximum atomic E-state index is 4.69. The number of hydrogen-bond donors (Lipinski definition) is 2. The van der Waals surface area contributed by atoms with Crippen molar-refractivity contribution in [2.45, 2.75) is 46.6 Å². The topological polar surface area (TPSA) is 70.4 Å². The van der Waals surface area contributed by atoms with E-state index in [-0.39, 0.29) is 24.0 Å². The molecular formula is C21H36IN7. The summed E-state index contributed by atoms with van der Waals surface area (Å²) < 4.78 is 1.98. The van der Waals surface area contributed by atoms with Crippen LogP contribution in [-0.4, -0.2) is 46.9 Å². The largest absolute Gasteiger partial charge is 0.372 e. The van der Waals surface area contributed by atoms with Gasteiger partial charge in [-0.2, -0.15) is 0 Å². The molecule has 0 fully saturated rings. The number of benzene rings is 1. The van der Waals surface area contributed by atoms with Crippen molar-refractivity contribution >= 4 is 35.6 Å². The van der Waals surface area contributed by atoms with Crippen LogP contribution in [0, 0.1) is 6.92 Å². The van der Waals surface area contributed by atoms with E-state index in [1.54, 1.807) is 0 Å². The summed E-state index contributed by atoms with van der Waals surface area (Å²) in [6, 6.07) is 10.6. The third-order valence-corrected chi connectivity index (χ3v) is 4.78. The molecule has 0 atom stereocenters. The summed E-state index contributed by atoms with van der Waals surface area (Å²) in [5, 5.41) is 15.2. The minimum Gasteiger partial charge on any atom is -0.372 e. The number of halogens is 1. The van der Waals surface area contributed by atoms with Crippen LogP contribution < -0.4 is 15.5 Å². The molecule has 0 unspecified atom stereocenters. The maximum absolute atomic E-state index is 4.69. The summed E-state index contributed by atoms with van der Waals surface area (Å²) in [4.78, 5) is 7.09. The zero-order valence-electron chi connectivity index (χ0n) is 18.2. The van der Waals surface area contributed by atoms with Gasteiger partial charge in [0.1, 0.15) is 12.4 Å². The third kappa shape index (κ3) is 8.59. The lowest BCUT2D eigenvalue weighted by Crippen LogP contribution is -2.39. The van der Waals surface area contributed by atoms with Gasteiger partial charge in [0.25, 0.3) is 0 Å². The second kappa shape index (κ2) is 14.2. The summed E-state index contributed by atoms with van der Waals surface area (Å²) in [6.07, 6.45) is 3.33. The van der Waals surface area contributed by atoms with Crippen LogP contribution in [0.2, 0.25) is 0 Å². The molecule has 8 heteroatoms. The number of nitrogens with one attached hydrogen (secondary N) is 2. The molecule has 7 nitrogen and oxygen atoms in total. The fraction of sp³-hybridized carbons (Fsp3) is 0.571. The molecule has 1 aromatic carbocycles. The van der Waals surface area contributed by atoms with Crippen molar-refractivity contribution < 1.29 is 0 Å². The lowest BCUT2D eigenvalue weighted by molar-refractivity contribution is 0.687. The van der Waals surface area contributed by atoms with Crippen molar-refractivity contribution in [3.05, 3.63) is 42.0 Å². The number of aryl methyl sites for hydroxylation is 1. The Labute approximate surface area is 192 Å². The van der Waals surface area contributed by atoms with Crippen LogP contribution in [0.25, 0.3) is 0 Å². The van der Waals surface area contributed by atoms with Gasteiger partial charge in [-0.05, 0) is 38.8 Å². The minimum atomic E-state index is 0. The van der Waals surface area contributed by atoms with Gasteiger partial charge in [0, 0.05) is 38.9 Å². The first kappa shape index (κ1) is 25.2. The Morgan fingerprint density at radius 3 is 2.34 bits per heavy atom. The highest BCUT2D eigenvalue weighted by Gasteiger charge is 2.06. The molecule has 0 saturated heterocycles. The number of hydrogen-bond acceptors (Lipinski definition) is 4. The van der Waals surface area contributed by atoms with Crippen LogP contribution in [-0.2, 0) is 13.6 Å². The van der Waals surface area contributed by atoms with Gasteiger partial charge in [0.15, 0.2) is 11.8 Å². The van der Waals surface area contributed by atoms with Gasteiger partial charge in [0.05, 0.1) is 0 Å². The summed E-state index contributed by atoms with van der Waals surface area (Å²) in [7, 11) is 1.97. The molecule has 0 spiro atoms. The summed E-state index contributed by atoms with van der Waals surface area (Å²) in [5.41, 5.74) is 1.28. The maximum Gasteiger partial charge on any atom is 0.191 e. The van der Waals surface area contributed by atoms with E-state index in [0.717, 1.165) is 63.0 Å². The zero-order chi connectivity index (χ0) is 20.2. The number of aliphatic imine (C=N–C) groups is 1. The van der Waals surface area contributed by atoms with Crippen LogP contribution in [0.3, 0.4) is 0 Å². The lowest BCUT2D eigenvalue weighted by Gasteiger charge is -2.23. The van der Waals surface area contributed by atoms with Crippen LogP contribution in [0.5, 0.6) is 0 Å². The van der Waals surface area contributed by atoms with E-state index in [0.29, 0.717) is 6.54 Å². The first-order valence-electron chi connectivity index (χ1n) is 10.3. The van der Waals surface area contributed by atoms with Gasteiger partial charge in [-0.1, -0.05) is 31.5 Å². The Hall–Kier alpha value is -1.84. The van der Waals surface area contributed by atoms with E-state index in [2.05, 4.69) is 69.9 Å². The van der Waals surface area contributed by atoms with E-state index < -0.39 is 0 Å². The minimum absolute atomic E-state index is 0. The fourth-order valence-corrected chi connectivity index (χ4v) is 2.88. The summed E-state index contributed by atoms with van der Waals surface area (Å²) >= 11 is 0. The average Bonchev–Trinajstić information content (AvgIpc) is 3.04. The first-order valence-corrected chi connectivity index (χ1v) is 10.3. The number of unbranched alkanes of at least 4 members (excludes halogenated alkanes) is 1. The van der Waals surface area contributed by atoms with E-state index >= 15 is 0 Å². The molecule has 2 rings (SSSR count). The third-order valence-electron chi connectivity index (χ3n) is 4.78. The highest BCUT2D eigenvalue weighted by Crippen LogP contribution is 2.12. The molecule has 0 aliphatic carbocycles. The zero-order valence-corrected chi connectivity index (χ0v) is 20.5. The molecule has 2 aromatic rings. The van der Waals surface area contributed by atoms with Gasteiger partial charge in [-0.15, -0.1) is 34.2 Å². The number of nitrogens with zero attached hydrogens (tertiary/aromatic N) is 5. The number of aromatic nitrogens is 3. The SMILES string of the molecule is CCCCNC(=NCc1nnc(C)n1C)NCCCN(CC)c1ccccc1.I. The van der Waals surface area contributed by atoms with Crippen molar-refractivity contribution in [1.82, 2.24) is 25.4 Å². The Bertz CT molecular complexity index is 715. The smallest absolute Gasteiger partial charge is 0.191 e. The quantitative estimate of drug-likeness (QED) is 0.208. The molecule has 0 aliphatic rings. The van der Waals surface area contributed by atoms with Crippen molar-refractivity contribution in [2.75, 3.05) is 31.1 Å². The fourth-order valence-electron chi connectivity index (χ4n) is 2.88. The normalized spacial score (nSPS) is 11.1. The number of para-hydroxylation sites is 1. The van der Waals surface area contributed by atoms with Crippen molar-refractivity contribution in [2.24, 2.45) is 12.0 Å². The van der Waals surface area contributed by atoms with E-state index in [1.165, 1.54) is 5.69 Å². The van der Waals surface area contributed by atoms with Gasteiger partial charge in [0.2, 0.25) is 0 Å². The first-order chi connectivity index (χ1) is 13.7. The molecule has 0 bridgehead atoms. The lowest BCUT2D eigenvalue weighted by atomic mass is 10.2. The van der Waals surface area contributed by atoms with Crippen LogP contribution >= 0.6 is 24.0 Å². The molecule has 1 aromatic heterocycles. The van der Waals surface area contributed by atoms with Gasteiger partial charge < -0.3 is 20.1 Å². The second-order valence-corrected chi connectivity index (χ2v) is 6.86. The van der Waals surface area contributed by atoms with Crippen molar-refractivity contribution in [1.29, 1.82) is 0 Å². The Morgan fingerprint density at radius 1 is 1.07 bits per heavy atom. The molecule has 0 saturated carbocycles. The highest BCUT2D eigenvalue weighted by molar-refractivity contribution is 14.0. The summed E-state index contributed by atoms with van der Waals surface area (Å²) in [5.74, 6) is 2.62. The predicted molar refractivity (Wildman–Crippen MR) is 132 cm³/mol. The van der Waals surface area contributed by atoms with Crippen LogP contribution in [0.1, 0.15) is 44.8 Å². The Morgan fingerprint density at radius 2 is 1.76 bits per heavy atom. The molecule has 1 heterocycles. The number of rotatable bonds is 11. The molecule has 29 heavy (non-hydrogen) atoms. The Balaban J connectivity index is 0.00000420. The molecule has 162 valence electrons. The number of guanidine groups is 1. The summed E-state index contributed by atoms with van der Waals surface area (Å²) in [6.45, 7) is 10.7. The van der Waals surface area contributed by atoms with Crippen molar-refractivity contribution in [3.8, 4) is 0 Å². The van der Waals surface area contributed by atoms with E-state index in [4.69, 9.17) is 4.99 Å². The standard InChI is InChI=1S/C21H35N7.HI/c1-5-7-14-22-21(24-17-20-26-25-18(3)27(20)4)23-15-11-16-28(6-2)19-12-9-8-10-13-19;/h8-10,12-13H,5-7,11,14-17H2,1-4H3,(H2,22,23,24);1H. The monoisotopic (exact) mass is 513 g/mol. The van der Waals surface area contributed by atoms with Gasteiger partial charge >= 0.3 is 0 Å². The molecule has 0 amide bonds. The van der Waals surface area contributed by atoms with Crippen LogP contribution in [0.15, 0.2) is 35.3 Å². The van der Waals surface area contributed by atoms with E-state index in [9.17, 15) is 0 Å². The molecular weight excluding hydrogens is 477 g/mol. The van der Waals surface area contributed by atoms with Gasteiger partial charge in [-0.25, -0.2) is 4.99 Å². The Kier molecular flexibility index (Phi) is 12.3. The highest BCUT2D eigenvalue weighted by atomic mass is 127. The van der Waals surface area contributed by atoms with E-state index in [1.807, 2.05) is 18.5 Å². The van der Waals surface area contributed by atoms with Crippen molar-refractivity contribution in [3.63, 3.8) is 0 Å². The van der Waals surface area contributed by atoms with Gasteiger partial charge in [-0.3, -0.25) is 0 Å². The average molecular weight is 513 g/mol. The predicted octanol–water partition coefficient (Wildman–Crippen LogP) is 3.49. The number of anilines is 1. The molecule has 2 N–H and O–H groups in total. The molecule has 0 radical (unpaired) electrons. The van der Waals surface area contributed by atoms with Crippen LogP contribution in [0.4, 0.5) is 5.69 Å². The second-order valence-electron chi connectivity index (χ2n) is 6.86. The molecule has 0 aliphatic heterocycles.